The third-order valence-corrected chi connectivity index (χ3v) is 7.06. The number of aromatic nitrogens is 1. The Bertz CT molecular complexity index is 1820. The molecule has 4 aromatic carbocycles. The molecule has 0 radical (unpaired) electrons. The van der Waals surface area contributed by atoms with E-state index in [1.165, 1.54) is 12.1 Å². The zero-order chi connectivity index (χ0) is 26.4. The maximum absolute atomic E-state index is 12.8. The van der Waals surface area contributed by atoms with Crippen molar-refractivity contribution in [3.8, 4) is 11.4 Å². The second-order valence-electron chi connectivity index (χ2n) is 8.35. The predicted molar refractivity (Wildman–Crippen MR) is 141 cm³/mol. The van der Waals surface area contributed by atoms with Crippen molar-refractivity contribution in [2.24, 2.45) is 5.73 Å². The Morgan fingerprint density at radius 3 is 2.30 bits per heavy atom. The van der Waals surface area contributed by atoms with Gasteiger partial charge in [-0.15, -0.1) is 0 Å². The van der Waals surface area contributed by atoms with Crippen molar-refractivity contribution in [3.05, 3.63) is 103 Å². The van der Waals surface area contributed by atoms with E-state index < -0.39 is 21.4 Å². The fraction of sp³-hybridized carbons (Fsp3) is 0.0714. The van der Waals surface area contributed by atoms with Gasteiger partial charge in [-0.25, -0.2) is 0 Å². The Labute approximate surface area is 211 Å². The zero-order valence-corrected chi connectivity index (χ0v) is 20.3. The highest BCUT2D eigenvalue weighted by Gasteiger charge is 2.48. The first-order valence-corrected chi connectivity index (χ1v) is 12.7. The summed E-state index contributed by atoms with van der Waals surface area (Å²) in [6, 6.07) is 23.4. The molecule has 5 rings (SSSR count). The van der Waals surface area contributed by atoms with Gasteiger partial charge in [0.1, 0.15) is 5.75 Å². The maximum Gasteiger partial charge on any atom is 0.534 e. The van der Waals surface area contributed by atoms with E-state index in [0.717, 1.165) is 44.0 Å². The number of alkyl halides is 3. The van der Waals surface area contributed by atoms with Gasteiger partial charge >= 0.3 is 15.6 Å². The Balaban J connectivity index is 1.81. The Morgan fingerprint density at radius 2 is 1.62 bits per heavy atom. The molecule has 5 aromatic rings. The van der Waals surface area contributed by atoms with Crippen LogP contribution in [0.15, 0.2) is 97.2 Å². The van der Waals surface area contributed by atoms with Crippen molar-refractivity contribution < 1.29 is 25.8 Å². The summed E-state index contributed by atoms with van der Waals surface area (Å²) in [4.78, 5) is 0. The van der Waals surface area contributed by atoms with Gasteiger partial charge in [0.15, 0.2) is 0 Å². The van der Waals surface area contributed by atoms with Gasteiger partial charge in [0, 0.05) is 28.0 Å². The number of halogens is 3. The van der Waals surface area contributed by atoms with Gasteiger partial charge in [0.25, 0.3) is 0 Å². The van der Waals surface area contributed by atoms with E-state index in [1.807, 2.05) is 73.7 Å². The largest absolute Gasteiger partial charge is 0.534 e. The Hall–Kier alpha value is -4.24. The van der Waals surface area contributed by atoms with Gasteiger partial charge in [-0.1, -0.05) is 54.6 Å². The molecule has 37 heavy (non-hydrogen) atoms. The number of benzene rings is 4. The monoisotopic (exact) mass is 522 g/mol. The minimum absolute atomic E-state index is 0.419. The van der Waals surface area contributed by atoms with Crippen LogP contribution in [-0.4, -0.2) is 18.5 Å². The second-order valence-corrected chi connectivity index (χ2v) is 9.89. The minimum atomic E-state index is -5.78. The zero-order valence-electron chi connectivity index (χ0n) is 19.5. The van der Waals surface area contributed by atoms with Gasteiger partial charge in [0.2, 0.25) is 0 Å². The van der Waals surface area contributed by atoms with Gasteiger partial charge in [-0.2, -0.15) is 21.6 Å². The van der Waals surface area contributed by atoms with Crippen LogP contribution >= 0.6 is 0 Å². The van der Waals surface area contributed by atoms with Crippen LogP contribution in [0.1, 0.15) is 12.5 Å². The topological polar surface area (TPSA) is 74.3 Å². The van der Waals surface area contributed by atoms with Crippen molar-refractivity contribution in [3.63, 3.8) is 0 Å². The summed E-state index contributed by atoms with van der Waals surface area (Å²) < 4.78 is 68.0. The van der Waals surface area contributed by atoms with Crippen molar-refractivity contribution in [2.75, 3.05) is 0 Å². The lowest BCUT2D eigenvalue weighted by Gasteiger charge is -2.12. The predicted octanol–water partition coefficient (Wildman–Crippen LogP) is 7.04. The van der Waals surface area contributed by atoms with E-state index in [9.17, 15) is 21.6 Å². The van der Waals surface area contributed by atoms with E-state index in [1.54, 1.807) is 18.3 Å². The molecule has 1 heterocycles. The second kappa shape index (κ2) is 9.01. The molecule has 188 valence electrons. The summed E-state index contributed by atoms with van der Waals surface area (Å²) in [6.45, 7) is 1.91. The molecule has 0 aliphatic heterocycles. The third-order valence-electron chi connectivity index (χ3n) is 6.08. The lowest BCUT2D eigenvalue weighted by molar-refractivity contribution is -0.0500. The van der Waals surface area contributed by atoms with E-state index in [-0.39, 0.29) is 0 Å². The molecule has 9 heteroatoms. The van der Waals surface area contributed by atoms with Crippen molar-refractivity contribution in [1.82, 2.24) is 4.57 Å². The number of rotatable bonds is 5. The molecule has 0 saturated carbocycles. The lowest BCUT2D eigenvalue weighted by atomic mass is 10.0. The standard InChI is InChI=1S/C28H21F3N2O3S/c1-2-6-20(17-32)18-9-12-24-25-13-10-19-15-22(36-37(34,35)28(29,30)31)11-14-23(19)27(25)33(26(24)16-18)21-7-4-3-5-8-21/h2-17H,32H2,1H3/b6-2-,20-17+. The summed E-state index contributed by atoms with van der Waals surface area (Å²) in [5, 5.41) is 3.15. The van der Waals surface area contributed by atoms with E-state index in [4.69, 9.17) is 5.73 Å². The average Bonchev–Trinajstić information content (AvgIpc) is 3.20. The molecule has 0 bridgehead atoms. The first-order valence-electron chi connectivity index (χ1n) is 11.3. The Kier molecular flexibility index (Phi) is 5.95. The molecule has 5 nitrogen and oxygen atoms in total. The van der Waals surface area contributed by atoms with Crippen LogP contribution in [0.4, 0.5) is 13.2 Å². The number of hydrogen-bond donors (Lipinski definition) is 1. The number of nitrogens with two attached hydrogens (primary N) is 1. The molecular formula is C28H21F3N2O3S. The van der Waals surface area contributed by atoms with Crippen molar-refractivity contribution in [1.29, 1.82) is 0 Å². The summed E-state index contributed by atoms with van der Waals surface area (Å²) >= 11 is 0. The van der Waals surface area contributed by atoms with Gasteiger partial charge in [0.05, 0.1) is 11.0 Å². The first-order chi connectivity index (χ1) is 17.6. The number of nitrogens with zero attached hydrogens (tertiary/aromatic N) is 1. The highest BCUT2D eigenvalue weighted by atomic mass is 32.2. The highest BCUT2D eigenvalue weighted by molar-refractivity contribution is 7.88. The van der Waals surface area contributed by atoms with Gasteiger partial charge in [-0.05, 0) is 59.8 Å². The summed E-state index contributed by atoms with van der Waals surface area (Å²) in [6.07, 6.45) is 5.37. The SMILES string of the molecule is C/C=C\C(=C/N)c1ccc2c3ccc4cc(OS(=O)(=O)C(F)(F)F)ccc4c3n(-c3ccccc3)c2c1. The molecule has 2 N–H and O–H groups in total. The Morgan fingerprint density at radius 1 is 0.919 bits per heavy atom. The molecule has 0 amide bonds. The fourth-order valence-electron chi connectivity index (χ4n) is 4.49. The summed E-state index contributed by atoms with van der Waals surface area (Å²) in [5.41, 5.74) is 4.75. The number of allylic oxidation sites excluding steroid dienone is 3. The van der Waals surface area contributed by atoms with Crippen LogP contribution in [0.25, 0.3) is 43.8 Å². The number of hydrogen-bond acceptors (Lipinski definition) is 4. The highest BCUT2D eigenvalue weighted by Crippen LogP contribution is 2.39. The van der Waals surface area contributed by atoms with Crippen LogP contribution in [0.5, 0.6) is 5.75 Å². The minimum Gasteiger partial charge on any atom is -0.404 e. The van der Waals surface area contributed by atoms with E-state index >= 15 is 0 Å². The smallest absolute Gasteiger partial charge is 0.404 e. The average molecular weight is 523 g/mol. The van der Waals surface area contributed by atoms with Crippen LogP contribution in [-0.2, 0) is 10.1 Å². The van der Waals surface area contributed by atoms with Crippen LogP contribution in [0.2, 0.25) is 0 Å². The van der Waals surface area contributed by atoms with Crippen LogP contribution < -0.4 is 9.92 Å². The fourth-order valence-corrected chi connectivity index (χ4v) is 4.94. The molecular weight excluding hydrogens is 501 g/mol. The summed E-state index contributed by atoms with van der Waals surface area (Å²) in [7, 11) is -5.78. The van der Waals surface area contributed by atoms with Gasteiger partial charge < -0.3 is 14.5 Å². The summed E-state index contributed by atoms with van der Waals surface area (Å²) in [5.74, 6) is -0.419. The molecule has 0 aliphatic carbocycles. The quantitative estimate of drug-likeness (QED) is 0.153. The van der Waals surface area contributed by atoms with Gasteiger partial charge in [-0.3, -0.25) is 0 Å². The number of fused-ring (bicyclic) bond motifs is 5. The molecule has 1 aromatic heterocycles. The molecule has 0 saturated heterocycles. The molecule has 0 unspecified atom stereocenters. The number of para-hydroxylation sites is 1. The van der Waals surface area contributed by atoms with Crippen LogP contribution in [0, 0.1) is 0 Å². The van der Waals surface area contributed by atoms with Crippen molar-refractivity contribution >= 4 is 48.3 Å². The van der Waals surface area contributed by atoms with E-state index in [2.05, 4.69) is 8.75 Å². The normalized spacial score (nSPS) is 13.2. The van der Waals surface area contributed by atoms with E-state index in [0.29, 0.717) is 5.39 Å². The lowest BCUT2D eigenvalue weighted by Crippen LogP contribution is -2.28. The maximum atomic E-state index is 12.8. The van der Waals surface area contributed by atoms with Crippen LogP contribution in [0.3, 0.4) is 0 Å². The third kappa shape index (κ3) is 4.21. The molecule has 0 aliphatic rings. The van der Waals surface area contributed by atoms with Crippen molar-refractivity contribution in [2.45, 2.75) is 12.4 Å². The molecule has 0 spiro atoms. The molecule has 0 atom stereocenters. The molecule has 0 fully saturated rings. The first kappa shape index (κ1) is 24.5.